The lowest BCUT2D eigenvalue weighted by atomic mass is 10.0. The number of nitrogens with two attached hydrogens (primary N) is 2. The number of pyridine rings is 1. The second kappa shape index (κ2) is 10.1. The van der Waals surface area contributed by atoms with Crippen LogP contribution in [0.2, 0.25) is 0 Å². The number of carbonyl (C=O) groups excluding carboxylic acids is 1. The molecule has 1 aromatic heterocycles. The smallest absolute Gasteiger partial charge is 0.492 e. The number of nitrogens with zero attached hydrogens (tertiary/aromatic N) is 4. The number of hydrogen-bond donors (Lipinski definition) is 2. The van der Waals surface area contributed by atoms with E-state index < -0.39 is 47.7 Å². The van der Waals surface area contributed by atoms with Crippen LogP contribution in [0.5, 0.6) is 5.75 Å². The molecule has 3 rings (SSSR count). The average Bonchev–Trinajstić information content (AvgIpc) is 2.78. The van der Waals surface area contributed by atoms with E-state index in [2.05, 4.69) is 9.82 Å². The minimum absolute atomic E-state index is 0.0438. The Hall–Kier alpha value is -3.14. The number of aromatic nitrogens is 1. The minimum Gasteiger partial charge on any atom is -0.492 e. The molecule has 1 aliphatic rings. The van der Waals surface area contributed by atoms with Gasteiger partial charge in [-0.05, 0) is 39.3 Å². The number of anilines is 1. The Morgan fingerprint density at radius 2 is 1.78 bits per heavy atom. The largest absolute Gasteiger partial charge is 0.493 e. The van der Waals surface area contributed by atoms with Crippen molar-refractivity contribution < 1.29 is 40.7 Å². The Balaban J connectivity index is 2.17. The molecule has 0 bridgehead atoms. The van der Waals surface area contributed by atoms with E-state index in [-0.39, 0.29) is 23.6 Å². The number of benzene rings is 1. The summed E-state index contributed by atoms with van der Waals surface area (Å²) in [5, 5.41) is 0.362. The van der Waals surface area contributed by atoms with Gasteiger partial charge in [-0.3, -0.25) is 10.6 Å². The van der Waals surface area contributed by atoms with Crippen LogP contribution in [0, 0.1) is 0 Å². The monoisotopic (exact) mass is 522 g/mol. The standard InChI is InChI=1S/C21H24F6N6O3/c1-31(2)9-10-35-14-6-4-5-12(20(22,23)24)15(14)13-8-7-11-16(28)32(3)19(29)33(17(11)30-13)36-18(34)21(25,26)27/h4-8,16,19H,9-10,28-29H2,1-3H3. The molecule has 2 aromatic rings. The van der Waals surface area contributed by atoms with Crippen LogP contribution < -0.4 is 21.3 Å². The number of hydroxylamine groups is 1. The minimum atomic E-state index is -5.37. The molecule has 0 amide bonds. The van der Waals surface area contributed by atoms with Crippen molar-refractivity contribution in [2.45, 2.75) is 24.8 Å². The van der Waals surface area contributed by atoms with Gasteiger partial charge >= 0.3 is 18.3 Å². The summed E-state index contributed by atoms with van der Waals surface area (Å²) in [4.78, 5) is 23.1. The Morgan fingerprint density at radius 1 is 1.11 bits per heavy atom. The van der Waals surface area contributed by atoms with Gasteiger partial charge in [0.2, 0.25) is 0 Å². The zero-order valence-corrected chi connectivity index (χ0v) is 19.4. The summed E-state index contributed by atoms with van der Waals surface area (Å²) in [5.74, 6) is -3.19. The fourth-order valence-corrected chi connectivity index (χ4v) is 3.41. The Bertz CT molecular complexity index is 1110. The zero-order valence-electron chi connectivity index (χ0n) is 19.4. The molecular formula is C21H24F6N6O3. The molecule has 1 aliphatic heterocycles. The molecule has 2 unspecified atom stereocenters. The lowest BCUT2D eigenvalue weighted by Crippen LogP contribution is -2.60. The van der Waals surface area contributed by atoms with E-state index in [0.717, 1.165) is 12.1 Å². The highest BCUT2D eigenvalue weighted by atomic mass is 19.4. The molecule has 0 saturated heterocycles. The van der Waals surface area contributed by atoms with Gasteiger partial charge in [-0.2, -0.15) is 31.4 Å². The van der Waals surface area contributed by atoms with Gasteiger partial charge in [-0.1, -0.05) is 12.1 Å². The Morgan fingerprint density at radius 3 is 2.36 bits per heavy atom. The fraction of sp³-hybridized carbons (Fsp3) is 0.429. The lowest BCUT2D eigenvalue weighted by molar-refractivity contribution is -0.204. The third-order valence-corrected chi connectivity index (χ3v) is 5.33. The van der Waals surface area contributed by atoms with Crippen molar-refractivity contribution in [1.29, 1.82) is 0 Å². The molecule has 0 aliphatic carbocycles. The predicted molar refractivity (Wildman–Crippen MR) is 116 cm³/mol. The molecule has 0 radical (unpaired) electrons. The molecule has 1 aromatic carbocycles. The van der Waals surface area contributed by atoms with E-state index in [1.165, 1.54) is 30.1 Å². The van der Waals surface area contributed by atoms with Crippen molar-refractivity contribution in [2.75, 3.05) is 39.4 Å². The number of likely N-dealkylation sites (N-methyl/N-ethyl adjacent to an activating group) is 1. The van der Waals surface area contributed by atoms with Gasteiger partial charge in [0.1, 0.15) is 12.4 Å². The number of alkyl halides is 6. The van der Waals surface area contributed by atoms with Crippen molar-refractivity contribution in [3.8, 4) is 17.0 Å². The van der Waals surface area contributed by atoms with Crippen LogP contribution in [0.4, 0.5) is 32.2 Å². The fourth-order valence-electron chi connectivity index (χ4n) is 3.41. The van der Waals surface area contributed by atoms with Crippen LogP contribution in [-0.4, -0.2) is 67.5 Å². The van der Waals surface area contributed by atoms with Gasteiger partial charge in [0.25, 0.3) is 0 Å². The third-order valence-electron chi connectivity index (χ3n) is 5.33. The first kappa shape index (κ1) is 27.4. The maximum Gasteiger partial charge on any atom is 0.493 e. The summed E-state index contributed by atoms with van der Waals surface area (Å²) in [7, 11) is 4.86. The zero-order chi connectivity index (χ0) is 27.0. The van der Waals surface area contributed by atoms with E-state index >= 15 is 0 Å². The number of hydrogen-bond acceptors (Lipinski definition) is 9. The SMILES string of the molecule is CN(C)CCOc1cccc(C(F)(F)F)c1-c1ccc2c(n1)N(OC(=O)C(F)(F)F)C(N)N(C)C2N. The van der Waals surface area contributed by atoms with Gasteiger partial charge in [0.05, 0.1) is 23.0 Å². The van der Waals surface area contributed by atoms with Gasteiger partial charge in [-0.15, -0.1) is 0 Å². The first-order valence-electron chi connectivity index (χ1n) is 10.4. The predicted octanol–water partition coefficient (Wildman–Crippen LogP) is 2.68. The van der Waals surface area contributed by atoms with Crippen LogP contribution >= 0.6 is 0 Å². The van der Waals surface area contributed by atoms with Crippen LogP contribution in [0.3, 0.4) is 0 Å². The van der Waals surface area contributed by atoms with Crippen molar-refractivity contribution in [2.24, 2.45) is 11.5 Å². The van der Waals surface area contributed by atoms with Crippen LogP contribution in [0.1, 0.15) is 17.3 Å². The summed E-state index contributed by atoms with van der Waals surface area (Å²) in [6.45, 7) is 0.437. The summed E-state index contributed by atoms with van der Waals surface area (Å²) in [6, 6.07) is 5.79. The van der Waals surface area contributed by atoms with E-state index in [9.17, 15) is 31.1 Å². The van der Waals surface area contributed by atoms with Crippen LogP contribution in [-0.2, 0) is 15.8 Å². The van der Waals surface area contributed by atoms with Gasteiger partial charge in [0, 0.05) is 12.1 Å². The highest BCUT2D eigenvalue weighted by Crippen LogP contribution is 2.43. The average molecular weight is 522 g/mol. The molecule has 0 fully saturated rings. The molecule has 15 heteroatoms. The first-order valence-corrected chi connectivity index (χ1v) is 10.4. The number of ether oxygens (including phenoxy) is 1. The maximum atomic E-state index is 13.9. The second-order valence-corrected chi connectivity index (χ2v) is 8.16. The van der Waals surface area contributed by atoms with Crippen molar-refractivity contribution in [3.63, 3.8) is 0 Å². The second-order valence-electron chi connectivity index (χ2n) is 8.16. The Labute approximate surface area is 202 Å². The molecule has 4 N–H and O–H groups in total. The van der Waals surface area contributed by atoms with Crippen molar-refractivity contribution in [3.05, 3.63) is 41.5 Å². The van der Waals surface area contributed by atoms with Crippen molar-refractivity contribution >= 4 is 11.8 Å². The van der Waals surface area contributed by atoms with Gasteiger partial charge < -0.3 is 20.2 Å². The maximum absolute atomic E-state index is 13.9. The number of rotatable bonds is 6. The van der Waals surface area contributed by atoms with Crippen LogP contribution in [0.25, 0.3) is 11.3 Å². The van der Waals surface area contributed by atoms with E-state index in [1.807, 2.05) is 0 Å². The Kier molecular flexibility index (Phi) is 7.69. The van der Waals surface area contributed by atoms with E-state index in [1.54, 1.807) is 19.0 Å². The number of fused-ring (bicyclic) bond motifs is 1. The molecule has 2 heterocycles. The molecule has 2 atom stereocenters. The van der Waals surface area contributed by atoms with Crippen molar-refractivity contribution in [1.82, 2.24) is 14.8 Å². The summed E-state index contributed by atoms with van der Waals surface area (Å²) >= 11 is 0. The lowest BCUT2D eigenvalue weighted by Gasteiger charge is -2.42. The third kappa shape index (κ3) is 5.64. The number of carbonyl (C=O) groups is 1. The molecular weight excluding hydrogens is 498 g/mol. The first-order chi connectivity index (χ1) is 16.6. The highest BCUT2D eigenvalue weighted by Gasteiger charge is 2.46. The summed E-state index contributed by atoms with van der Waals surface area (Å²) in [5.41, 5.74) is 10.2. The van der Waals surface area contributed by atoms with E-state index in [4.69, 9.17) is 16.2 Å². The molecule has 0 saturated carbocycles. The molecule has 36 heavy (non-hydrogen) atoms. The van der Waals surface area contributed by atoms with Gasteiger partial charge in [0.15, 0.2) is 12.1 Å². The molecule has 0 spiro atoms. The molecule has 9 nitrogen and oxygen atoms in total. The van der Waals surface area contributed by atoms with Gasteiger partial charge in [-0.25, -0.2) is 9.78 Å². The topological polar surface area (TPSA) is 110 Å². The van der Waals surface area contributed by atoms with E-state index in [0.29, 0.717) is 11.6 Å². The summed E-state index contributed by atoms with van der Waals surface area (Å²) < 4.78 is 86.0. The van der Waals surface area contributed by atoms with Crippen LogP contribution in [0.15, 0.2) is 30.3 Å². The summed E-state index contributed by atoms with van der Waals surface area (Å²) in [6.07, 6.45) is -12.7. The molecule has 198 valence electrons. The normalized spacial score (nSPS) is 18.8. The number of halogens is 6. The quantitative estimate of drug-likeness (QED) is 0.554. The highest BCUT2D eigenvalue weighted by molar-refractivity contribution is 5.78.